The molecule has 0 atom stereocenters. The maximum Gasteiger partial charge on any atom is 0.490 e. The minimum Gasteiger partial charge on any atom is -0.481 e. The van der Waals surface area contributed by atoms with E-state index < -0.39 is 18.1 Å². The highest BCUT2D eigenvalue weighted by molar-refractivity contribution is 5.75. The Labute approximate surface area is 163 Å². The van der Waals surface area contributed by atoms with Crippen molar-refractivity contribution >= 4 is 11.9 Å². The van der Waals surface area contributed by atoms with E-state index >= 15 is 0 Å². The number of esters is 1. The highest BCUT2D eigenvalue weighted by Crippen LogP contribution is 2.33. The standard InChI is InChI=1S/C15H15N3O3.C3H3F3O2/c19-14-9-11(4-8-18(14)13-1-2-13)12-3-6-17(16-10-12)7-5-15(20)21;1-8-2(7)3(4,5)6/h3-4,6,8-10,13H,1-2,5,7H2;1H3/p+1. The van der Waals surface area contributed by atoms with Crippen LogP contribution in [0.4, 0.5) is 13.2 Å². The molecule has 2 aromatic heterocycles. The Morgan fingerprint density at radius 1 is 1.31 bits per heavy atom. The van der Waals surface area contributed by atoms with Crippen LogP contribution < -0.4 is 10.2 Å². The molecule has 0 bridgehead atoms. The summed E-state index contributed by atoms with van der Waals surface area (Å²) in [5.74, 6) is -3.02. The van der Waals surface area contributed by atoms with E-state index in [0.29, 0.717) is 19.7 Å². The Morgan fingerprint density at radius 3 is 2.41 bits per heavy atom. The van der Waals surface area contributed by atoms with Crippen LogP contribution in [0.3, 0.4) is 0 Å². The van der Waals surface area contributed by atoms with Crippen molar-refractivity contribution in [2.75, 3.05) is 7.11 Å². The van der Waals surface area contributed by atoms with E-state index in [2.05, 4.69) is 9.84 Å². The van der Waals surface area contributed by atoms with Gasteiger partial charge >= 0.3 is 18.1 Å². The molecule has 1 saturated carbocycles. The SMILES string of the molecule is COC(=O)C(F)(F)F.O=C(O)CC[n+]1ccc(-c2ccn(C3CC3)c(=O)c2)cn1. The number of halogens is 3. The van der Waals surface area contributed by atoms with Crippen LogP contribution in [0.1, 0.15) is 25.3 Å². The van der Waals surface area contributed by atoms with E-state index in [1.54, 1.807) is 27.7 Å². The Kier molecular flexibility index (Phi) is 7.08. The van der Waals surface area contributed by atoms with E-state index in [0.717, 1.165) is 24.0 Å². The number of nitrogens with zero attached hydrogens (tertiary/aromatic N) is 3. The number of aryl methyl sites for hydroxylation is 1. The number of aliphatic carboxylic acids is 1. The van der Waals surface area contributed by atoms with Gasteiger partial charge in [0.15, 0.2) is 12.7 Å². The lowest BCUT2D eigenvalue weighted by Crippen LogP contribution is -2.38. The van der Waals surface area contributed by atoms with Crippen LogP contribution in [-0.4, -0.2) is 40.0 Å². The zero-order valence-corrected chi connectivity index (χ0v) is 15.4. The van der Waals surface area contributed by atoms with Gasteiger partial charge < -0.3 is 14.4 Å². The van der Waals surface area contributed by atoms with Gasteiger partial charge in [-0.3, -0.25) is 9.59 Å². The number of methoxy groups -OCH3 is 1. The Morgan fingerprint density at radius 2 is 2.00 bits per heavy atom. The average Bonchev–Trinajstić information content (AvgIpc) is 3.51. The fraction of sp³-hybridized carbons (Fsp3) is 0.389. The number of alkyl halides is 3. The molecule has 0 unspecified atom stereocenters. The first kappa shape index (κ1) is 22.1. The first-order valence-electron chi connectivity index (χ1n) is 8.57. The van der Waals surface area contributed by atoms with Crippen LogP contribution in [0.15, 0.2) is 41.6 Å². The van der Waals surface area contributed by atoms with Crippen LogP contribution in [-0.2, 0) is 20.9 Å². The van der Waals surface area contributed by atoms with Gasteiger partial charge in [0.1, 0.15) is 12.6 Å². The lowest BCUT2D eigenvalue weighted by molar-refractivity contribution is -0.752. The van der Waals surface area contributed by atoms with Crippen molar-refractivity contribution in [3.05, 3.63) is 47.1 Å². The molecule has 0 amide bonds. The van der Waals surface area contributed by atoms with Crippen molar-refractivity contribution in [3.63, 3.8) is 0 Å². The zero-order chi connectivity index (χ0) is 21.6. The molecule has 11 heteroatoms. The summed E-state index contributed by atoms with van der Waals surface area (Å²) >= 11 is 0. The number of carboxylic acids is 1. The van der Waals surface area contributed by atoms with Crippen LogP contribution in [0.25, 0.3) is 11.1 Å². The van der Waals surface area contributed by atoms with Crippen molar-refractivity contribution in [1.29, 1.82) is 0 Å². The van der Waals surface area contributed by atoms with Crippen molar-refractivity contribution in [3.8, 4) is 11.1 Å². The van der Waals surface area contributed by atoms with Gasteiger partial charge in [-0.2, -0.15) is 13.2 Å². The van der Waals surface area contributed by atoms with E-state index in [-0.39, 0.29) is 12.0 Å². The maximum absolute atomic E-state index is 12.0. The minimum absolute atomic E-state index is 0.0117. The van der Waals surface area contributed by atoms with Crippen LogP contribution >= 0.6 is 0 Å². The molecule has 1 fully saturated rings. The molecule has 156 valence electrons. The van der Waals surface area contributed by atoms with E-state index in [4.69, 9.17) is 5.11 Å². The van der Waals surface area contributed by atoms with Crippen molar-refractivity contribution in [2.24, 2.45) is 0 Å². The summed E-state index contributed by atoms with van der Waals surface area (Å²) in [6, 6.07) is 5.75. The van der Waals surface area contributed by atoms with E-state index in [1.165, 1.54) is 0 Å². The number of pyridine rings is 1. The summed E-state index contributed by atoms with van der Waals surface area (Å²) in [6.45, 7) is 0.332. The number of ether oxygens (including phenoxy) is 1. The molecule has 1 N–H and O–H groups in total. The number of carbonyl (C=O) groups is 2. The molecule has 0 aliphatic heterocycles. The maximum atomic E-state index is 12.0. The average molecular weight is 414 g/mol. The van der Waals surface area contributed by atoms with Gasteiger partial charge in [0.2, 0.25) is 0 Å². The van der Waals surface area contributed by atoms with Crippen LogP contribution in [0.2, 0.25) is 0 Å². The topological polar surface area (TPSA) is 102 Å². The number of carbonyl (C=O) groups excluding carboxylic acids is 1. The largest absolute Gasteiger partial charge is 0.490 e. The first-order valence-corrected chi connectivity index (χ1v) is 8.57. The molecule has 0 aromatic carbocycles. The van der Waals surface area contributed by atoms with Gasteiger partial charge in [-0.25, -0.2) is 4.79 Å². The summed E-state index contributed by atoms with van der Waals surface area (Å²) in [5, 5.41) is 12.8. The molecule has 0 saturated heterocycles. The predicted octanol–water partition coefficient (Wildman–Crippen LogP) is 1.73. The second-order valence-electron chi connectivity index (χ2n) is 6.20. The summed E-state index contributed by atoms with van der Waals surface area (Å²) in [4.78, 5) is 32.0. The van der Waals surface area contributed by atoms with Crippen molar-refractivity contribution in [2.45, 2.75) is 38.0 Å². The molecule has 2 aromatic rings. The molecule has 8 nitrogen and oxygen atoms in total. The van der Waals surface area contributed by atoms with Crippen molar-refractivity contribution in [1.82, 2.24) is 9.67 Å². The molecule has 2 heterocycles. The smallest absolute Gasteiger partial charge is 0.481 e. The molecule has 1 aliphatic carbocycles. The lowest BCUT2D eigenvalue weighted by Gasteiger charge is -2.04. The highest BCUT2D eigenvalue weighted by atomic mass is 19.4. The summed E-state index contributed by atoms with van der Waals surface area (Å²) in [7, 11) is 0.676. The lowest BCUT2D eigenvalue weighted by atomic mass is 10.1. The van der Waals surface area contributed by atoms with E-state index in [9.17, 15) is 27.6 Å². The zero-order valence-electron chi connectivity index (χ0n) is 15.4. The molecule has 1 aliphatic rings. The fourth-order valence-electron chi connectivity index (χ4n) is 2.34. The van der Waals surface area contributed by atoms with Crippen LogP contribution in [0.5, 0.6) is 0 Å². The fourth-order valence-corrected chi connectivity index (χ4v) is 2.34. The van der Waals surface area contributed by atoms with Crippen molar-refractivity contribution < 1.29 is 37.3 Å². The number of hydrogen-bond donors (Lipinski definition) is 1. The van der Waals surface area contributed by atoms with Gasteiger partial charge in [-0.15, -0.1) is 0 Å². The number of rotatable bonds is 5. The third kappa shape index (κ3) is 6.70. The predicted molar refractivity (Wildman–Crippen MR) is 92.7 cm³/mol. The Hall–Kier alpha value is -3.24. The first-order chi connectivity index (χ1) is 13.6. The second-order valence-corrected chi connectivity index (χ2v) is 6.20. The third-order valence-electron chi connectivity index (χ3n) is 3.96. The molecule has 0 spiro atoms. The normalized spacial score (nSPS) is 13.2. The Bertz CT molecular complexity index is 922. The number of carboxylic acid groups (broad SMARTS) is 1. The van der Waals surface area contributed by atoms with Gasteiger partial charge in [0.05, 0.1) is 7.11 Å². The van der Waals surface area contributed by atoms with E-state index in [1.807, 2.05) is 18.3 Å². The monoisotopic (exact) mass is 414 g/mol. The summed E-state index contributed by atoms with van der Waals surface area (Å²) < 4.78 is 39.6. The Balaban J connectivity index is 0.000000321. The summed E-state index contributed by atoms with van der Waals surface area (Å²) in [6.07, 6.45) is 2.55. The third-order valence-corrected chi connectivity index (χ3v) is 3.96. The minimum atomic E-state index is -4.85. The number of aromatic nitrogens is 3. The second kappa shape index (κ2) is 9.30. The molecule has 0 radical (unpaired) electrons. The molecule has 3 rings (SSSR count). The highest BCUT2D eigenvalue weighted by Gasteiger charge is 2.40. The van der Waals surface area contributed by atoms with Gasteiger partial charge in [0.25, 0.3) is 5.56 Å². The molecular weight excluding hydrogens is 395 g/mol. The van der Waals surface area contributed by atoms with Gasteiger partial charge in [0, 0.05) is 29.9 Å². The number of hydrogen-bond acceptors (Lipinski definition) is 5. The molecular formula is C18H19F3N3O5+. The van der Waals surface area contributed by atoms with Gasteiger partial charge in [-0.1, -0.05) is 4.68 Å². The molecule has 29 heavy (non-hydrogen) atoms. The van der Waals surface area contributed by atoms with Crippen LogP contribution in [0, 0.1) is 0 Å². The van der Waals surface area contributed by atoms with Gasteiger partial charge in [-0.05, 0) is 29.6 Å². The summed E-state index contributed by atoms with van der Waals surface area (Å²) in [5.41, 5.74) is 1.69. The quantitative estimate of drug-likeness (QED) is 0.591.